The molecule has 0 radical (unpaired) electrons. The van der Waals surface area contributed by atoms with Gasteiger partial charge in [-0.15, -0.1) is 0 Å². The Labute approximate surface area is 134 Å². The van der Waals surface area contributed by atoms with Gasteiger partial charge in [0.25, 0.3) is 0 Å². The molecule has 3 heterocycles. The maximum atomic E-state index is 2.89. The molecule has 1 aliphatic carbocycles. The number of piperidine rings is 2. The van der Waals surface area contributed by atoms with Crippen molar-refractivity contribution in [3.05, 3.63) is 29.8 Å². The zero-order chi connectivity index (χ0) is 14.9. The molecule has 2 nitrogen and oxygen atoms in total. The number of nitrogens with zero attached hydrogens (tertiary/aromatic N) is 2. The van der Waals surface area contributed by atoms with Crippen molar-refractivity contribution in [2.45, 2.75) is 62.9 Å². The van der Waals surface area contributed by atoms with Gasteiger partial charge < -0.3 is 4.90 Å². The van der Waals surface area contributed by atoms with Crippen molar-refractivity contribution >= 4 is 5.69 Å². The summed E-state index contributed by atoms with van der Waals surface area (Å²) in [5.41, 5.74) is 4.14. The zero-order valence-electron chi connectivity index (χ0n) is 14.0. The third-order valence-electron chi connectivity index (χ3n) is 7.87. The fraction of sp³-hybridized carbons (Fsp3) is 0.700. The average molecular weight is 296 g/mol. The lowest BCUT2D eigenvalue weighted by atomic mass is 9.64. The molecule has 22 heavy (non-hydrogen) atoms. The largest absolute Gasteiger partial charge is 0.366 e. The molecule has 118 valence electrons. The third-order valence-corrected chi connectivity index (χ3v) is 7.87. The van der Waals surface area contributed by atoms with Gasteiger partial charge in [0.05, 0.1) is 5.54 Å². The molecule has 1 aromatic rings. The highest BCUT2D eigenvalue weighted by Crippen LogP contribution is 2.66. The maximum Gasteiger partial charge on any atom is 0.0629 e. The van der Waals surface area contributed by atoms with Gasteiger partial charge in [0.15, 0.2) is 0 Å². The van der Waals surface area contributed by atoms with Crippen LogP contribution in [0.5, 0.6) is 0 Å². The first-order valence-corrected chi connectivity index (χ1v) is 9.30. The van der Waals surface area contributed by atoms with Gasteiger partial charge in [0.2, 0.25) is 0 Å². The van der Waals surface area contributed by atoms with E-state index in [9.17, 15) is 0 Å². The molecule has 4 unspecified atom stereocenters. The van der Waals surface area contributed by atoms with Crippen molar-refractivity contribution in [1.82, 2.24) is 4.90 Å². The molecule has 1 aromatic carbocycles. The van der Waals surface area contributed by atoms with Gasteiger partial charge in [-0.05, 0) is 68.7 Å². The molecule has 3 fully saturated rings. The minimum absolute atomic E-state index is 0.387. The van der Waals surface area contributed by atoms with Crippen molar-refractivity contribution in [2.24, 2.45) is 5.41 Å². The van der Waals surface area contributed by atoms with Crippen molar-refractivity contribution in [3.8, 4) is 0 Å². The van der Waals surface area contributed by atoms with Gasteiger partial charge in [-0.1, -0.05) is 25.1 Å². The summed E-state index contributed by atoms with van der Waals surface area (Å²) in [4.78, 5) is 5.60. The van der Waals surface area contributed by atoms with Crippen LogP contribution >= 0.6 is 0 Å². The van der Waals surface area contributed by atoms with Gasteiger partial charge in [-0.2, -0.15) is 0 Å². The fourth-order valence-corrected chi connectivity index (χ4v) is 7.00. The van der Waals surface area contributed by atoms with Crippen molar-refractivity contribution in [3.63, 3.8) is 0 Å². The first-order valence-electron chi connectivity index (χ1n) is 9.30. The number of anilines is 1. The molecule has 3 aliphatic heterocycles. The minimum Gasteiger partial charge on any atom is -0.366 e. The lowest BCUT2D eigenvalue weighted by Crippen LogP contribution is -2.67. The normalized spacial score (nSPS) is 42.9. The fourth-order valence-electron chi connectivity index (χ4n) is 7.00. The van der Waals surface area contributed by atoms with E-state index in [4.69, 9.17) is 0 Å². The summed E-state index contributed by atoms with van der Waals surface area (Å²) in [5, 5.41) is 0. The lowest BCUT2D eigenvalue weighted by molar-refractivity contribution is -0.0264. The molecule has 2 heteroatoms. The number of benzene rings is 1. The summed E-state index contributed by atoms with van der Waals surface area (Å²) < 4.78 is 0. The molecule has 5 rings (SSSR count). The smallest absolute Gasteiger partial charge is 0.0629 e. The topological polar surface area (TPSA) is 6.48 Å². The molecule has 1 spiro atoms. The van der Waals surface area contributed by atoms with Gasteiger partial charge in [0, 0.05) is 24.7 Å². The molecule has 4 atom stereocenters. The predicted octanol–water partition coefficient (Wildman–Crippen LogP) is 4.02. The molecule has 2 saturated heterocycles. The summed E-state index contributed by atoms with van der Waals surface area (Å²) in [7, 11) is 2.39. The summed E-state index contributed by atoms with van der Waals surface area (Å²) in [6.45, 7) is 5.11. The number of likely N-dealkylation sites (N-methyl/N-ethyl adjacent to an activating group) is 1. The van der Waals surface area contributed by atoms with Gasteiger partial charge in [0.1, 0.15) is 0 Å². The summed E-state index contributed by atoms with van der Waals surface area (Å²) in [6.07, 6.45) is 8.45. The van der Waals surface area contributed by atoms with Crippen LogP contribution in [0.25, 0.3) is 0 Å². The SMILES string of the molecule is CCC12CCCN3CCC4c5ccccc5N(C)C4(CC1)C32. The van der Waals surface area contributed by atoms with Gasteiger partial charge in [-0.25, -0.2) is 0 Å². The predicted molar refractivity (Wildman–Crippen MR) is 91.5 cm³/mol. The van der Waals surface area contributed by atoms with E-state index in [1.165, 1.54) is 57.3 Å². The van der Waals surface area contributed by atoms with Crippen molar-refractivity contribution < 1.29 is 0 Å². The number of hydrogen-bond acceptors (Lipinski definition) is 2. The molecule has 1 saturated carbocycles. The third kappa shape index (κ3) is 1.33. The van der Waals surface area contributed by atoms with Crippen LogP contribution in [0.15, 0.2) is 24.3 Å². The first kappa shape index (κ1) is 13.4. The Kier molecular flexibility index (Phi) is 2.61. The molecule has 0 bridgehead atoms. The van der Waals surface area contributed by atoms with Crippen LogP contribution in [0.1, 0.15) is 56.9 Å². The Balaban J connectivity index is 1.70. The number of hydrogen-bond donors (Lipinski definition) is 0. The van der Waals surface area contributed by atoms with Crippen LogP contribution in [-0.2, 0) is 0 Å². The summed E-state index contributed by atoms with van der Waals surface area (Å²) in [6, 6.07) is 10.0. The Morgan fingerprint density at radius 1 is 1.14 bits per heavy atom. The highest BCUT2D eigenvalue weighted by molar-refractivity contribution is 5.65. The zero-order valence-corrected chi connectivity index (χ0v) is 14.0. The lowest BCUT2D eigenvalue weighted by Gasteiger charge is -2.58. The van der Waals surface area contributed by atoms with Crippen LogP contribution in [-0.4, -0.2) is 36.6 Å². The van der Waals surface area contributed by atoms with E-state index < -0.39 is 0 Å². The Hall–Kier alpha value is -1.02. The van der Waals surface area contributed by atoms with Crippen LogP contribution in [0.4, 0.5) is 5.69 Å². The maximum absolute atomic E-state index is 2.89. The second-order valence-electron chi connectivity index (χ2n) is 8.21. The minimum atomic E-state index is 0.387. The molecular weight excluding hydrogens is 268 g/mol. The Morgan fingerprint density at radius 2 is 2.00 bits per heavy atom. The van der Waals surface area contributed by atoms with Crippen LogP contribution in [0.2, 0.25) is 0 Å². The second kappa shape index (κ2) is 4.29. The van der Waals surface area contributed by atoms with E-state index in [1.54, 1.807) is 5.56 Å². The van der Waals surface area contributed by atoms with E-state index in [0.717, 1.165) is 12.0 Å². The number of rotatable bonds is 1. The molecular formula is C20H28N2. The number of fused-ring (bicyclic) bond motifs is 2. The first-order chi connectivity index (χ1) is 10.7. The van der Waals surface area contributed by atoms with Crippen LogP contribution in [0, 0.1) is 5.41 Å². The second-order valence-corrected chi connectivity index (χ2v) is 8.21. The van der Waals surface area contributed by atoms with Crippen LogP contribution in [0.3, 0.4) is 0 Å². The van der Waals surface area contributed by atoms with E-state index in [2.05, 4.69) is 48.0 Å². The quantitative estimate of drug-likeness (QED) is 0.772. The highest BCUT2D eigenvalue weighted by Gasteiger charge is 2.67. The highest BCUT2D eigenvalue weighted by atomic mass is 15.3. The van der Waals surface area contributed by atoms with E-state index in [1.807, 2.05) is 0 Å². The Bertz CT molecular complexity index is 611. The van der Waals surface area contributed by atoms with E-state index in [0.29, 0.717) is 11.0 Å². The van der Waals surface area contributed by atoms with Gasteiger partial charge >= 0.3 is 0 Å². The Morgan fingerprint density at radius 3 is 2.86 bits per heavy atom. The van der Waals surface area contributed by atoms with Gasteiger partial charge in [-0.3, -0.25) is 4.90 Å². The molecule has 4 aliphatic rings. The van der Waals surface area contributed by atoms with Crippen molar-refractivity contribution in [1.29, 1.82) is 0 Å². The molecule has 0 N–H and O–H groups in total. The monoisotopic (exact) mass is 296 g/mol. The van der Waals surface area contributed by atoms with E-state index >= 15 is 0 Å². The van der Waals surface area contributed by atoms with Crippen molar-refractivity contribution in [2.75, 3.05) is 25.0 Å². The molecule has 0 aromatic heterocycles. The van der Waals surface area contributed by atoms with Crippen LogP contribution < -0.4 is 4.90 Å². The standard InChI is InChI=1S/C20H28N2/c1-3-19-10-6-13-22-14-9-16-15-7-4-5-8-17(15)21(2)20(16,12-11-19)18(19)22/h4-5,7-8,16,18H,3,6,9-14H2,1-2H3. The summed E-state index contributed by atoms with van der Waals surface area (Å²) >= 11 is 0. The summed E-state index contributed by atoms with van der Waals surface area (Å²) in [5.74, 6) is 0.765. The average Bonchev–Trinajstić information content (AvgIpc) is 3.05. The van der Waals surface area contributed by atoms with E-state index in [-0.39, 0.29) is 0 Å². The number of para-hydroxylation sites is 1. The molecule has 0 amide bonds.